The summed E-state index contributed by atoms with van der Waals surface area (Å²) in [6.07, 6.45) is 0. The van der Waals surface area contributed by atoms with Crippen molar-refractivity contribution in [3.63, 3.8) is 0 Å². The van der Waals surface area contributed by atoms with Crippen LogP contribution in [0.4, 0.5) is 0 Å². The molecule has 0 heterocycles. The number of carbonyl (C=O) groups excluding carboxylic acids is 1. The third kappa shape index (κ3) is 2.49. The van der Waals surface area contributed by atoms with Crippen molar-refractivity contribution < 1.29 is 15.0 Å². The molecule has 0 spiro atoms. The smallest absolute Gasteiger partial charge is 0.202 e. The summed E-state index contributed by atoms with van der Waals surface area (Å²) in [5, 5.41) is 16.4. The molecule has 0 radical (unpaired) electrons. The van der Waals surface area contributed by atoms with Crippen molar-refractivity contribution in [1.82, 2.24) is 0 Å². The summed E-state index contributed by atoms with van der Waals surface area (Å²) in [4.78, 5) is 10.4. The number of aliphatic hydroxyl groups is 2. The number of rotatable bonds is 2. The third-order valence-corrected chi connectivity index (χ3v) is 1.19. The molecule has 0 rings (SSSR count). The highest BCUT2D eigenvalue weighted by atomic mass is 35.5. The Morgan fingerprint density at radius 2 is 2.11 bits per heavy atom. The van der Waals surface area contributed by atoms with E-state index in [1.165, 1.54) is 6.92 Å². The van der Waals surface area contributed by atoms with Crippen molar-refractivity contribution in [3.8, 4) is 0 Å². The predicted octanol–water partition coefficient (Wildman–Crippen LogP) is 0.576. The molecule has 0 aliphatic carbocycles. The molecule has 0 aromatic carbocycles. The standard InChI is InChI=1S/C5H7ClO3/c1-3(8)5(6)4(9)2-7/h7-8H,2H2,1H3/b5-3+. The second-order valence-electron chi connectivity index (χ2n) is 1.48. The van der Waals surface area contributed by atoms with E-state index in [2.05, 4.69) is 0 Å². The van der Waals surface area contributed by atoms with Gasteiger partial charge in [0.25, 0.3) is 0 Å². The van der Waals surface area contributed by atoms with Crippen LogP contribution >= 0.6 is 11.6 Å². The number of Topliss-reactive ketones (excluding diaryl/α,β-unsaturated/α-hetero) is 1. The van der Waals surface area contributed by atoms with Gasteiger partial charge in [0.15, 0.2) is 0 Å². The van der Waals surface area contributed by atoms with E-state index >= 15 is 0 Å². The minimum atomic E-state index is -0.670. The van der Waals surface area contributed by atoms with Gasteiger partial charge in [-0.15, -0.1) is 0 Å². The van der Waals surface area contributed by atoms with Crippen molar-refractivity contribution in [1.29, 1.82) is 0 Å². The molecule has 0 saturated carbocycles. The zero-order valence-electron chi connectivity index (χ0n) is 4.89. The van der Waals surface area contributed by atoms with Crippen LogP contribution in [-0.2, 0) is 4.79 Å². The van der Waals surface area contributed by atoms with E-state index in [-0.39, 0.29) is 10.8 Å². The van der Waals surface area contributed by atoms with Gasteiger partial charge in [0.05, 0.1) is 0 Å². The Morgan fingerprint density at radius 1 is 1.67 bits per heavy atom. The van der Waals surface area contributed by atoms with Gasteiger partial charge in [-0.2, -0.15) is 0 Å². The van der Waals surface area contributed by atoms with Gasteiger partial charge < -0.3 is 10.2 Å². The Labute approximate surface area is 57.6 Å². The molecular weight excluding hydrogens is 144 g/mol. The SMILES string of the molecule is C/C(O)=C(\Cl)C(=O)CO. The van der Waals surface area contributed by atoms with Gasteiger partial charge in [-0.3, -0.25) is 4.79 Å². The first kappa shape index (κ1) is 8.46. The molecule has 0 bridgehead atoms. The van der Waals surface area contributed by atoms with Crippen LogP contribution < -0.4 is 0 Å². The fourth-order valence-electron chi connectivity index (χ4n) is 0.271. The highest BCUT2D eigenvalue weighted by Crippen LogP contribution is 2.06. The van der Waals surface area contributed by atoms with E-state index in [0.717, 1.165) is 0 Å². The lowest BCUT2D eigenvalue weighted by Gasteiger charge is -1.93. The van der Waals surface area contributed by atoms with Crippen molar-refractivity contribution in [2.45, 2.75) is 6.92 Å². The van der Waals surface area contributed by atoms with Crippen molar-refractivity contribution >= 4 is 17.4 Å². The molecule has 2 N–H and O–H groups in total. The zero-order chi connectivity index (χ0) is 7.44. The molecule has 4 heteroatoms. The number of carbonyl (C=O) groups is 1. The number of hydrogen-bond acceptors (Lipinski definition) is 3. The van der Waals surface area contributed by atoms with E-state index < -0.39 is 12.4 Å². The fourth-order valence-corrected chi connectivity index (χ4v) is 0.331. The number of hydrogen-bond donors (Lipinski definition) is 2. The fraction of sp³-hybridized carbons (Fsp3) is 0.400. The van der Waals surface area contributed by atoms with Gasteiger partial charge in [0, 0.05) is 0 Å². The summed E-state index contributed by atoms with van der Waals surface area (Å²) < 4.78 is 0. The van der Waals surface area contributed by atoms with Crippen LogP contribution in [-0.4, -0.2) is 22.6 Å². The van der Waals surface area contributed by atoms with Crippen molar-refractivity contribution in [3.05, 3.63) is 10.8 Å². The minimum absolute atomic E-state index is 0.268. The lowest BCUT2D eigenvalue weighted by molar-refractivity contribution is -0.117. The highest BCUT2D eigenvalue weighted by Gasteiger charge is 2.06. The molecule has 0 aliphatic heterocycles. The maximum absolute atomic E-state index is 10.4. The Morgan fingerprint density at radius 3 is 2.22 bits per heavy atom. The maximum atomic E-state index is 10.4. The molecule has 0 unspecified atom stereocenters. The van der Waals surface area contributed by atoms with Crippen LogP contribution in [0.1, 0.15) is 6.92 Å². The summed E-state index contributed by atoms with van der Waals surface area (Å²) in [6.45, 7) is 0.604. The minimum Gasteiger partial charge on any atom is -0.511 e. The molecule has 0 aliphatic rings. The highest BCUT2D eigenvalue weighted by molar-refractivity contribution is 6.42. The molecule has 3 nitrogen and oxygen atoms in total. The van der Waals surface area contributed by atoms with E-state index in [1.807, 2.05) is 0 Å². The second-order valence-corrected chi connectivity index (χ2v) is 1.86. The summed E-state index contributed by atoms with van der Waals surface area (Å²) in [5.41, 5.74) is 0. The normalized spacial score (nSPS) is 12.8. The number of halogens is 1. The third-order valence-electron chi connectivity index (χ3n) is 0.706. The lowest BCUT2D eigenvalue weighted by Crippen LogP contribution is -2.04. The van der Waals surface area contributed by atoms with Gasteiger partial charge in [0.2, 0.25) is 5.78 Å². The second kappa shape index (κ2) is 3.48. The van der Waals surface area contributed by atoms with Crippen LogP contribution in [0, 0.1) is 0 Å². The summed E-state index contributed by atoms with van der Waals surface area (Å²) in [5.74, 6) is -0.938. The first-order valence-corrected chi connectivity index (χ1v) is 2.66. The largest absolute Gasteiger partial charge is 0.511 e. The van der Waals surface area contributed by atoms with Crippen LogP contribution in [0.3, 0.4) is 0 Å². The quantitative estimate of drug-likeness (QED) is 0.447. The van der Waals surface area contributed by atoms with E-state index in [1.54, 1.807) is 0 Å². The van der Waals surface area contributed by atoms with Gasteiger partial charge in [-0.05, 0) is 6.92 Å². The van der Waals surface area contributed by atoms with E-state index in [9.17, 15) is 4.79 Å². The van der Waals surface area contributed by atoms with Crippen molar-refractivity contribution in [2.75, 3.05) is 6.61 Å². The average molecular weight is 151 g/mol. The van der Waals surface area contributed by atoms with E-state index in [4.69, 9.17) is 21.8 Å². The Hall–Kier alpha value is -0.540. The monoisotopic (exact) mass is 150 g/mol. The molecule has 0 amide bonds. The summed E-state index contributed by atoms with van der Waals surface area (Å²) in [6, 6.07) is 0. The zero-order valence-corrected chi connectivity index (χ0v) is 5.64. The molecule has 0 atom stereocenters. The first-order valence-electron chi connectivity index (χ1n) is 2.29. The Balaban J connectivity index is 4.21. The van der Waals surface area contributed by atoms with Crippen LogP contribution in [0.25, 0.3) is 0 Å². The van der Waals surface area contributed by atoms with Crippen molar-refractivity contribution in [2.24, 2.45) is 0 Å². The first-order chi connectivity index (χ1) is 4.09. The van der Waals surface area contributed by atoms with Gasteiger partial charge in [0.1, 0.15) is 17.4 Å². The van der Waals surface area contributed by atoms with Crippen LogP contribution in [0.5, 0.6) is 0 Å². The summed E-state index contributed by atoms with van der Waals surface area (Å²) >= 11 is 5.19. The molecule has 0 fully saturated rings. The van der Waals surface area contributed by atoms with E-state index in [0.29, 0.717) is 0 Å². The maximum Gasteiger partial charge on any atom is 0.202 e. The molecular formula is C5H7ClO3. The molecule has 52 valence electrons. The number of ketones is 1. The van der Waals surface area contributed by atoms with Gasteiger partial charge in [-0.25, -0.2) is 0 Å². The Kier molecular flexibility index (Phi) is 3.27. The van der Waals surface area contributed by atoms with Crippen LogP contribution in [0.2, 0.25) is 0 Å². The Bertz CT molecular complexity index is 146. The average Bonchev–Trinajstić information content (AvgIpc) is 1.84. The molecule has 0 aromatic heterocycles. The number of aliphatic hydroxyl groups excluding tert-OH is 2. The van der Waals surface area contributed by atoms with Gasteiger partial charge >= 0.3 is 0 Å². The predicted molar refractivity (Wildman–Crippen MR) is 33.3 cm³/mol. The lowest BCUT2D eigenvalue weighted by atomic mass is 10.3. The number of allylic oxidation sites excluding steroid dienone is 1. The molecule has 0 saturated heterocycles. The summed E-state index contributed by atoms with van der Waals surface area (Å²) in [7, 11) is 0. The molecule has 9 heavy (non-hydrogen) atoms. The van der Waals surface area contributed by atoms with Gasteiger partial charge in [-0.1, -0.05) is 11.6 Å². The topological polar surface area (TPSA) is 57.5 Å². The molecule has 0 aromatic rings. The van der Waals surface area contributed by atoms with Crippen LogP contribution in [0.15, 0.2) is 10.8 Å².